The van der Waals surface area contributed by atoms with Crippen LogP contribution in [0.4, 0.5) is 4.39 Å². The van der Waals surface area contributed by atoms with Gasteiger partial charge in [0.1, 0.15) is 11.0 Å². The highest BCUT2D eigenvalue weighted by molar-refractivity contribution is 6.29. The summed E-state index contributed by atoms with van der Waals surface area (Å²) in [7, 11) is 1.44. The molecule has 98 valence electrons. The quantitative estimate of drug-likeness (QED) is 0.801. The molecule has 1 aliphatic rings. The summed E-state index contributed by atoms with van der Waals surface area (Å²) in [6, 6.07) is 6.53. The van der Waals surface area contributed by atoms with Crippen molar-refractivity contribution >= 4 is 11.6 Å². The molecule has 1 fully saturated rings. The normalized spacial score (nSPS) is 14.5. The lowest BCUT2D eigenvalue weighted by molar-refractivity contribution is 0.387. The topological polar surface area (TPSA) is 35.0 Å². The number of hydrogen-bond donors (Lipinski definition) is 0. The number of halogens is 2. The summed E-state index contributed by atoms with van der Waals surface area (Å²) < 4.78 is 19.2. The second-order valence-corrected chi connectivity index (χ2v) is 4.92. The van der Waals surface area contributed by atoms with Gasteiger partial charge in [0.25, 0.3) is 0 Å². The van der Waals surface area contributed by atoms with E-state index in [0.29, 0.717) is 28.2 Å². The van der Waals surface area contributed by atoms with E-state index in [1.54, 1.807) is 24.3 Å². The zero-order valence-electron chi connectivity index (χ0n) is 10.4. The zero-order valence-corrected chi connectivity index (χ0v) is 11.1. The number of aromatic nitrogens is 2. The summed E-state index contributed by atoms with van der Waals surface area (Å²) >= 11 is 5.99. The van der Waals surface area contributed by atoms with E-state index in [9.17, 15) is 4.39 Å². The summed E-state index contributed by atoms with van der Waals surface area (Å²) in [5.41, 5.74) is 0.879. The predicted molar refractivity (Wildman–Crippen MR) is 71.0 cm³/mol. The summed E-state index contributed by atoms with van der Waals surface area (Å²) in [6.07, 6.45) is 2.14. The summed E-state index contributed by atoms with van der Waals surface area (Å²) in [6.45, 7) is 0. The van der Waals surface area contributed by atoms with E-state index in [4.69, 9.17) is 16.3 Å². The van der Waals surface area contributed by atoms with Gasteiger partial charge in [0.15, 0.2) is 11.6 Å². The van der Waals surface area contributed by atoms with E-state index in [-0.39, 0.29) is 5.75 Å². The van der Waals surface area contributed by atoms with E-state index >= 15 is 0 Å². The Bertz CT molecular complexity index is 629. The number of benzene rings is 1. The van der Waals surface area contributed by atoms with Gasteiger partial charge in [-0.05, 0) is 25.0 Å². The average Bonchev–Trinajstić information content (AvgIpc) is 3.22. The Labute approximate surface area is 115 Å². The lowest BCUT2D eigenvalue weighted by Gasteiger charge is -2.08. The van der Waals surface area contributed by atoms with Crippen molar-refractivity contribution in [3.05, 3.63) is 41.1 Å². The molecule has 0 bridgehead atoms. The van der Waals surface area contributed by atoms with E-state index in [1.807, 2.05) is 0 Å². The Kier molecular flexibility index (Phi) is 3.11. The minimum atomic E-state index is -0.429. The molecule has 3 nitrogen and oxygen atoms in total. The van der Waals surface area contributed by atoms with Crippen LogP contribution in [-0.4, -0.2) is 17.1 Å². The molecule has 0 aliphatic heterocycles. The lowest BCUT2D eigenvalue weighted by atomic mass is 10.1. The van der Waals surface area contributed by atoms with Gasteiger partial charge in [0, 0.05) is 17.5 Å². The van der Waals surface area contributed by atoms with Crippen molar-refractivity contribution < 1.29 is 9.13 Å². The standard InChI is InChI=1S/C14H12ClFN2O/c1-19-11-4-2-3-9(13(11)16)10-7-12(15)18-14(17-10)8-5-6-8/h2-4,7-8H,5-6H2,1H3. The molecule has 2 aromatic rings. The van der Waals surface area contributed by atoms with Crippen LogP contribution in [0.5, 0.6) is 5.75 Å². The van der Waals surface area contributed by atoms with Gasteiger partial charge in [-0.2, -0.15) is 0 Å². The molecule has 1 aromatic carbocycles. The second-order valence-electron chi connectivity index (χ2n) is 4.53. The van der Waals surface area contributed by atoms with Crippen molar-refractivity contribution in [3.63, 3.8) is 0 Å². The smallest absolute Gasteiger partial charge is 0.174 e. The molecular formula is C14H12ClFN2O. The monoisotopic (exact) mass is 278 g/mol. The van der Waals surface area contributed by atoms with Crippen molar-refractivity contribution in [1.29, 1.82) is 0 Å². The fourth-order valence-corrected chi connectivity index (χ4v) is 2.15. The van der Waals surface area contributed by atoms with Crippen LogP contribution >= 0.6 is 11.6 Å². The third kappa shape index (κ3) is 2.40. The number of methoxy groups -OCH3 is 1. The fourth-order valence-electron chi connectivity index (χ4n) is 1.96. The van der Waals surface area contributed by atoms with Gasteiger partial charge in [-0.1, -0.05) is 17.7 Å². The highest BCUT2D eigenvalue weighted by Gasteiger charge is 2.27. The molecule has 1 aromatic heterocycles. The van der Waals surface area contributed by atoms with Crippen molar-refractivity contribution in [2.75, 3.05) is 7.11 Å². The fraction of sp³-hybridized carbons (Fsp3) is 0.286. The van der Waals surface area contributed by atoms with Gasteiger partial charge in [-0.3, -0.25) is 0 Å². The number of hydrogen-bond acceptors (Lipinski definition) is 3. The SMILES string of the molecule is COc1cccc(-c2cc(Cl)nc(C3CC3)n2)c1F. The molecule has 19 heavy (non-hydrogen) atoms. The maximum atomic E-state index is 14.2. The van der Waals surface area contributed by atoms with E-state index in [0.717, 1.165) is 12.8 Å². The highest BCUT2D eigenvalue weighted by Crippen LogP contribution is 2.39. The first-order valence-corrected chi connectivity index (χ1v) is 6.44. The number of nitrogens with zero attached hydrogens (tertiary/aromatic N) is 2. The first-order chi connectivity index (χ1) is 9.19. The average molecular weight is 279 g/mol. The van der Waals surface area contributed by atoms with E-state index in [1.165, 1.54) is 7.11 Å². The Morgan fingerprint density at radius 1 is 1.32 bits per heavy atom. The van der Waals surface area contributed by atoms with Crippen LogP contribution in [0.25, 0.3) is 11.3 Å². The molecule has 5 heteroatoms. The van der Waals surface area contributed by atoms with Crippen molar-refractivity contribution in [2.24, 2.45) is 0 Å². The molecule has 1 heterocycles. The first kappa shape index (κ1) is 12.4. The van der Waals surface area contributed by atoms with Gasteiger partial charge in [-0.15, -0.1) is 0 Å². The minimum Gasteiger partial charge on any atom is -0.494 e. The predicted octanol–water partition coefficient (Wildman–Crippen LogP) is 3.82. The van der Waals surface area contributed by atoms with Crippen LogP contribution in [0.2, 0.25) is 5.15 Å². The molecule has 0 atom stereocenters. The Balaban J connectivity index is 2.11. The molecule has 1 saturated carbocycles. The van der Waals surface area contributed by atoms with E-state index in [2.05, 4.69) is 9.97 Å². The van der Waals surface area contributed by atoms with Gasteiger partial charge in [-0.25, -0.2) is 14.4 Å². The van der Waals surface area contributed by atoms with Gasteiger partial charge < -0.3 is 4.74 Å². The number of rotatable bonds is 3. The van der Waals surface area contributed by atoms with Gasteiger partial charge >= 0.3 is 0 Å². The highest BCUT2D eigenvalue weighted by atomic mass is 35.5. The third-order valence-electron chi connectivity index (χ3n) is 3.11. The first-order valence-electron chi connectivity index (χ1n) is 6.06. The van der Waals surface area contributed by atoms with Crippen LogP contribution in [0.1, 0.15) is 24.6 Å². The maximum Gasteiger partial charge on any atom is 0.174 e. The minimum absolute atomic E-state index is 0.195. The third-order valence-corrected chi connectivity index (χ3v) is 3.31. The van der Waals surface area contributed by atoms with Crippen LogP contribution in [0, 0.1) is 5.82 Å². The zero-order chi connectivity index (χ0) is 13.4. The molecular weight excluding hydrogens is 267 g/mol. The van der Waals surface area contributed by atoms with Gasteiger partial charge in [0.2, 0.25) is 0 Å². The molecule has 0 radical (unpaired) electrons. The second kappa shape index (κ2) is 4.78. The van der Waals surface area contributed by atoms with Gasteiger partial charge in [0.05, 0.1) is 12.8 Å². The van der Waals surface area contributed by atoms with Crippen LogP contribution < -0.4 is 4.74 Å². The Morgan fingerprint density at radius 3 is 2.79 bits per heavy atom. The number of ether oxygens (including phenoxy) is 1. The molecule has 0 N–H and O–H groups in total. The molecule has 3 rings (SSSR count). The van der Waals surface area contributed by atoms with Crippen LogP contribution in [0.3, 0.4) is 0 Å². The Hall–Kier alpha value is -1.68. The lowest BCUT2D eigenvalue weighted by Crippen LogP contribution is -1.98. The van der Waals surface area contributed by atoms with Crippen LogP contribution in [0.15, 0.2) is 24.3 Å². The molecule has 0 amide bonds. The van der Waals surface area contributed by atoms with Crippen molar-refractivity contribution in [3.8, 4) is 17.0 Å². The van der Waals surface area contributed by atoms with Crippen LogP contribution in [-0.2, 0) is 0 Å². The molecule has 1 aliphatic carbocycles. The molecule has 0 spiro atoms. The van der Waals surface area contributed by atoms with Crippen molar-refractivity contribution in [2.45, 2.75) is 18.8 Å². The van der Waals surface area contributed by atoms with Crippen molar-refractivity contribution in [1.82, 2.24) is 9.97 Å². The maximum absolute atomic E-state index is 14.2. The summed E-state index contributed by atoms with van der Waals surface area (Å²) in [5.74, 6) is 0.831. The Morgan fingerprint density at radius 2 is 2.11 bits per heavy atom. The van der Waals surface area contributed by atoms with E-state index < -0.39 is 5.82 Å². The molecule has 0 unspecified atom stereocenters. The largest absolute Gasteiger partial charge is 0.494 e. The summed E-state index contributed by atoms with van der Waals surface area (Å²) in [5, 5.41) is 0.342. The summed E-state index contributed by atoms with van der Waals surface area (Å²) in [4.78, 5) is 8.61. The molecule has 0 saturated heterocycles.